The molecule has 1 aliphatic carbocycles. The first-order valence-corrected chi connectivity index (χ1v) is 9.16. The molecule has 126 valence electrons. The van der Waals surface area contributed by atoms with Crippen LogP contribution in [0.2, 0.25) is 0 Å². The second kappa shape index (κ2) is 10.6. The Kier molecular flexibility index (Phi) is 9.54. The molecule has 3 nitrogen and oxygen atoms in total. The Labute approximate surface area is 131 Å². The third-order valence-electron chi connectivity index (χ3n) is 5.10. The zero-order valence-electron chi connectivity index (χ0n) is 14.5. The first-order valence-electron chi connectivity index (χ1n) is 9.16. The monoisotopic (exact) mass is 299 g/mol. The van der Waals surface area contributed by atoms with Crippen molar-refractivity contribution < 1.29 is 9.84 Å². The maximum absolute atomic E-state index is 9.79. The molecule has 3 heteroatoms. The van der Waals surface area contributed by atoms with Crippen LogP contribution >= 0.6 is 0 Å². The van der Waals surface area contributed by atoms with Gasteiger partial charge in [-0.3, -0.25) is 0 Å². The second-order valence-corrected chi connectivity index (χ2v) is 6.75. The molecule has 1 rings (SSSR count). The van der Waals surface area contributed by atoms with Gasteiger partial charge in [0.2, 0.25) is 0 Å². The van der Waals surface area contributed by atoms with Gasteiger partial charge in [-0.15, -0.1) is 0 Å². The van der Waals surface area contributed by atoms with Crippen molar-refractivity contribution in [1.82, 2.24) is 5.32 Å². The molecule has 0 saturated heterocycles. The fourth-order valence-electron chi connectivity index (χ4n) is 3.77. The zero-order chi connectivity index (χ0) is 15.6. The number of hydrogen-bond acceptors (Lipinski definition) is 3. The zero-order valence-corrected chi connectivity index (χ0v) is 14.5. The summed E-state index contributed by atoms with van der Waals surface area (Å²) in [6.07, 6.45) is 11.5. The van der Waals surface area contributed by atoms with Gasteiger partial charge in [-0.1, -0.05) is 46.0 Å². The predicted octanol–water partition coefficient (Wildman–Crippen LogP) is 3.89. The van der Waals surface area contributed by atoms with E-state index in [4.69, 9.17) is 4.74 Å². The van der Waals surface area contributed by atoms with Gasteiger partial charge in [0, 0.05) is 12.1 Å². The Morgan fingerprint density at radius 3 is 2.76 bits per heavy atom. The van der Waals surface area contributed by atoms with Crippen molar-refractivity contribution in [2.24, 2.45) is 5.92 Å². The third-order valence-corrected chi connectivity index (χ3v) is 5.10. The van der Waals surface area contributed by atoms with E-state index in [1.807, 2.05) is 0 Å². The van der Waals surface area contributed by atoms with Crippen LogP contribution in [0.1, 0.15) is 78.6 Å². The molecular formula is C18H37NO2. The lowest BCUT2D eigenvalue weighted by Crippen LogP contribution is -2.51. The van der Waals surface area contributed by atoms with Crippen molar-refractivity contribution in [3.8, 4) is 0 Å². The number of rotatable bonds is 12. The molecule has 0 aromatic carbocycles. The number of ether oxygens (including phenoxy) is 1. The summed E-state index contributed by atoms with van der Waals surface area (Å²) in [5.41, 5.74) is -0.0392. The summed E-state index contributed by atoms with van der Waals surface area (Å²) in [6, 6.07) is 0. The molecular weight excluding hydrogens is 262 g/mol. The van der Waals surface area contributed by atoms with E-state index in [1.165, 1.54) is 44.9 Å². The van der Waals surface area contributed by atoms with Crippen molar-refractivity contribution in [3.63, 3.8) is 0 Å². The highest BCUT2D eigenvalue weighted by molar-refractivity contribution is 4.98. The van der Waals surface area contributed by atoms with E-state index < -0.39 is 0 Å². The van der Waals surface area contributed by atoms with Gasteiger partial charge in [-0.25, -0.2) is 0 Å². The van der Waals surface area contributed by atoms with Crippen molar-refractivity contribution >= 4 is 0 Å². The SMILES string of the molecule is CCCCCCC(C)OCCC1CCCC1(CO)NCC. The van der Waals surface area contributed by atoms with Crippen LogP contribution in [0, 0.1) is 5.92 Å². The van der Waals surface area contributed by atoms with Crippen LogP contribution < -0.4 is 5.32 Å². The molecule has 1 fully saturated rings. The van der Waals surface area contributed by atoms with Crippen LogP contribution in [0.15, 0.2) is 0 Å². The highest BCUT2D eigenvalue weighted by Crippen LogP contribution is 2.37. The fourth-order valence-corrected chi connectivity index (χ4v) is 3.77. The number of unbranched alkanes of at least 4 members (excludes halogenated alkanes) is 3. The number of likely N-dealkylation sites (N-methyl/N-ethyl adjacent to an activating group) is 1. The average Bonchev–Trinajstić information content (AvgIpc) is 2.87. The van der Waals surface area contributed by atoms with Crippen molar-refractivity contribution in [1.29, 1.82) is 0 Å². The van der Waals surface area contributed by atoms with Crippen LogP contribution in [0.25, 0.3) is 0 Å². The van der Waals surface area contributed by atoms with E-state index in [2.05, 4.69) is 26.1 Å². The summed E-state index contributed by atoms with van der Waals surface area (Å²) < 4.78 is 5.99. The lowest BCUT2D eigenvalue weighted by atomic mass is 9.85. The van der Waals surface area contributed by atoms with Gasteiger partial charge in [0.15, 0.2) is 0 Å². The minimum absolute atomic E-state index is 0.0392. The van der Waals surface area contributed by atoms with Crippen molar-refractivity contribution in [3.05, 3.63) is 0 Å². The van der Waals surface area contributed by atoms with Crippen LogP contribution in [-0.4, -0.2) is 36.5 Å². The smallest absolute Gasteiger partial charge is 0.0616 e. The molecule has 21 heavy (non-hydrogen) atoms. The van der Waals surface area contributed by atoms with Gasteiger partial charge >= 0.3 is 0 Å². The van der Waals surface area contributed by atoms with Crippen LogP contribution in [0.3, 0.4) is 0 Å². The third kappa shape index (κ3) is 6.25. The Hall–Kier alpha value is -0.120. The van der Waals surface area contributed by atoms with Gasteiger partial charge in [0.25, 0.3) is 0 Å². The van der Waals surface area contributed by atoms with Crippen LogP contribution in [-0.2, 0) is 4.74 Å². The fraction of sp³-hybridized carbons (Fsp3) is 1.00. The molecule has 0 amide bonds. The maximum Gasteiger partial charge on any atom is 0.0616 e. The Balaban J connectivity index is 2.21. The Morgan fingerprint density at radius 1 is 1.29 bits per heavy atom. The summed E-state index contributed by atoms with van der Waals surface area (Å²) in [5.74, 6) is 0.565. The minimum Gasteiger partial charge on any atom is -0.394 e. The van der Waals surface area contributed by atoms with E-state index in [0.29, 0.717) is 12.0 Å². The van der Waals surface area contributed by atoms with Crippen LogP contribution in [0.4, 0.5) is 0 Å². The largest absolute Gasteiger partial charge is 0.394 e. The van der Waals surface area contributed by atoms with Gasteiger partial charge in [0.1, 0.15) is 0 Å². The lowest BCUT2D eigenvalue weighted by Gasteiger charge is -2.35. The standard InChI is InChI=1S/C18H37NO2/c1-4-6-7-8-10-16(3)21-14-12-17-11-9-13-18(17,15-20)19-5-2/h16-17,19-20H,4-15H2,1-3H3. The normalized spacial score (nSPS) is 27.1. The molecule has 1 aliphatic rings. The Morgan fingerprint density at radius 2 is 2.10 bits per heavy atom. The summed E-state index contributed by atoms with van der Waals surface area (Å²) in [6.45, 7) is 8.61. The minimum atomic E-state index is -0.0392. The summed E-state index contributed by atoms with van der Waals surface area (Å²) in [4.78, 5) is 0. The molecule has 3 atom stereocenters. The number of aliphatic hydroxyl groups excluding tert-OH is 1. The van der Waals surface area contributed by atoms with E-state index in [-0.39, 0.29) is 12.1 Å². The number of aliphatic hydroxyl groups is 1. The summed E-state index contributed by atoms with van der Waals surface area (Å²) >= 11 is 0. The van der Waals surface area contributed by atoms with Gasteiger partial charge in [-0.2, -0.15) is 0 Å². The molecule has 0 radical (unpaired) electrons. The lowest BCUT2D eigenvalue weighted by molar-refractivity contribution is 0.0351. The van der Waals surface area contributed by atoms with E-state index >= 15 is 0 Å². The maximum atomic E-state index is 9.79. The number of nitrogens with one attached hydrogen (secondary N) is 1. The molecule has 0 heterocycles. The quantitative estimate of drug-likeness (QED) is 0.537. The topological polar surface area (TPSA) is 41.5 Å². The van der Waals surface area contributed by atoms with Gasteiger partial charge in [-0.05, 0) is 45.1 Å². The van der Waals surface area contributed by atoms with E-state index in [0.717, 1.165) is 26.0 Å². The molecule has 0 aliphatic heterocycles. The predicted molar refractivity (Wildman–Crippen MR) is 89.6 cm³/mol. The van der Waals surface area contributed by atoms with Crippen molar-refractivity contribution in [2.75, 3.05) is 19.8 Å². The molecule has 0 aromatic rings. The molecule has 2 N–H and O–H groups in total. The first-order chi connectivity index (χ1) is 10.2. The summed E-state index contributed by atoms with van der Waals surface area (Å²) in [7, 11) is 0. The molecule has 3 unspecified atom stereocenters. The molecule has 0 spiro atoms. The summed E-state index contributed by atoms with van der Waals surface area (Å²) in [5, 5.41) is 13.3. The van der Waals surface area contributed by atoms with Crippen molar-refractivity contribution in [2.45, 2.75) is 90.2 Å². The average molecular weight is 299 g/mol. The van der Waals surface area contributed by atoms with Crippen LogP contribution in [0.5, 0.6) is 0 Å². The Bertz CT molecular complexity index is 260. The van der Waals surface area contributed by atoms with E-state index in [1.54, 1.807) is 0 Å². The first kappa shape index (κ1) is 18.9. The van der Waals surface area contributed by atoms with E-state index in [9.17, 15) is 5.11 Å². The van der Waals surface area contributed by atoms with Gasteiger partial charge < -0.3 is 15.2 Å². The molecule has 1 saturated carbocycles. The highest BCUT2D eigenvalue weighted by atomic mass is 16.5. The molecule has 0 aromatic heterocycles. The molecule has 0 bridgehead atoms. The second-order valence-electron chi connectivity index (χ2n) is 6.75. The number of hydrogen-bond donors (Lipinski definition) is 2. The highest BCUT2D eigenvalue weighted by Gasteiger charge is 2.41. The van der Waals surface area contributed by atoms with Gasteiger partial charge in [0.05, 0.1) is 12.7 Å².